The second kappa shape index (κ2) is 6.40. The van der Waals surface area contributed by atoms with Gasteiger partial charge in [0.2, 0.25) is 0 Å². The average Bonchev–Trinajstić information content (AvgIpc) is 2.34. The van der Waals surface area contributed by atoms with Crippen LogP contribution in [-0.4, -0.2) is 18.2 Å². The highest BCUT2D eigenvalue weighted by Crippen LogP contribution is 2.29. The molecular weight excluding hydrogens is 230 g/mol. The molecule has 0 saturated carbocycles. The van der Waals surface area contributed by atoms with Gasteiger partial charge >= 0.3 is 5.97 Å². The molecule has 0 saturated heterocycles. The summed E-state index contributed by atoms with van der Waals surface area (Å²) in [5.41, 5.74) is 8.02. The van der Waals surface area contributed by atoms with E-state index in [0.29, 0.717) is 12.3 Å². The maximum absolute atomic E-state index is 10.5. The minimum Gasteiger partial charge on any atom is -0.496 e. The summed E-state index contributed by atoms with van der Waals surface area (Å²) < 4.78 is 5.35. The van der Waals surface area contributed by atoms with E-state index in [1.54, 1.807) is 7.11 Å². The minimum atomic E-state index is -0.823. The SMILES string of the molecule is COc1cc(C(N)CCC(=O)O)ccc1C(C)C. The number of hydrogen-bond acceptors (Lipinski definition) is 3. The summed E-state index contributed by atoms with van der Waals surface area (Å²) in [6.07, 6.45) is 0.509. The fraction of sp³-hybridized carbons (Fsp3) is 0.500. The maximum Gasteiger partial charge on any atom is 0.303 e. The van der Waals surface area contributed by atoms with E-state index >= 15 is 0 Å². The van der Waals surface area contributed by atoms with Gasteiger partial charge in [-0.25, -0.2) is 0 Å². The van der Waals surface area contributed by atoms with E-state index < -0.39 is 5.97 Å². The Hall–Kier alpha value is -1.55. The second-order valence-electron chi connectivity index (χ2n) is 4.69. The van der Waals surface area contributed by atoms with Crippen LogP contribution in [0.3, 0.4) is 0 Å². The van der Waals surface area contributed by atoms with E-state index in [1.807, 2.05) is 18.2 Å². The molecule has 0 aliphatic carbocycles. The number of ether oxygens (including phenoxy) is 1. The summed E-state index contributed by atoms with van der Waals surface area (Å²) in [6, 6.07) is 5.59. The van der Waals surface area contributed by atoms with Crippen molar-refractivity contribution in [1.29, 1.82) is 0 Å². The molecule has 4 nitrogen and oxygen atoms in total. The molecule has 1 aromatic rings. The van der Waals surface area contributed by atoms with Crippen molar-refractivity contribution >= 4 is 5.97 Å². The van der Waals surface area contributed by atoms with Crippen LogP contribution in [0, 0.1) is 0 Å². The van der Waals surface area contributed by atoms with E-state index in [0.717, 1.165) is 16.9 Å². The molecule has 0 spiro atoms. The summed E-state index contributed by atoms with van der Waals surface area (Å²) in [4.78, 5) is 10.5. The van der Waals surface area contributed by atoms with E-state index in [4.69, 9.17) is 15.6 Å². The Labute approximate surface area is 108 Å². The number of rotatable bonds is 6. The van der Waals surface area contributed by atoms with Crippen LogP contribution in [0.15, 0.2) is 18.2 Å². The van der Waals surface area contributed by atoms with Crippen LogP contribution in [0.1, 0.15) is 49.8 Å². The number of hydrogen-bond donors (Lipinski definition) is 2. The van der Waals surface area contributed by atoms with Gasteiger partial charge in [0.1, 0.15) is 5.75 Å². The van der Waals surface area contributed by atoms with Crippen LogP contribution in [0.2, 0.25) is 0 Å². The van der Waals surface area contributed by atoms with Crippen LogP contribution < -0.4 is 10.5 Å². The summed E-state index contributed by atoms with van der Waals surface area (Å²) >= 11 is 0. The molecule has 3 N–H and O–H groups in total. The molecule has 1 rings (SSSR count). The summed E-state index contributed by atoms with van der Waals surface area (Å²) in [5.74, 6) is 0.369. The van der Waals surface area contributed by atoms with Gasteiger partial charge in [-0.3, -0.25) is 4.79 Å². The highest BCUT2D eigenvalue weighted by molar-refractivity contribution is 5.66. The maximum atomic E-state index is 10.5. The van der Waals surface area contributed by atoms with Gasteiger partial charge in [0.25, 0.3) is 0 Å². The fourth-order valence-corrected chi connectivity index (χ4v) is 1.88. The monoisotopic (exact) mass is 251 g/mol. The standard InChI is InChI=1S/C14H21NO3/c1-9(2)11-5-4-10(8-13(11)18-3)12(15)6-7-14(16)17/h4-5,8-9,12H,6-7,15H2,1-3H3,(H,16,17). The molecule has 0 aromatic heterocycles. The highest BCUT2D eigenvalue weighted by Gasteiger charge is 2.13. The second-order valence-corrected chi connectivity index (χ2v) is 4.69. The van der Waals surface area contributed by atoms with Crippen LogP contribution in [0.5, 0.6) is 5.75 Å². The summed E-state index contributed by atoms with van der Waals surface area (Å²) in [7, 11) is 1.63. The van der Waals surface area contributed by atoms with Crippen LogP contribution in [0.4, 0.5) is 0 Å². The topological polar surface area (TPSA) is 72.5 Å². The van der Waals surface area contributed by atoms with Gasteiger partial charge in [0.15, 0.2) is 0 Å². The first-order chi connectivity index (χ1) is 8.45. The molecule has 0 fully saturated rings. The van der Waals surface area contributed by atoms with Gasteiger partial charge in [0, 0.05) is 12.5 Å². The number of carboxylic acids is 1. The minimum absolute atomic E-state index is 0.0788. The van der Waals surface area contributed by atoms with Gasteiger partial charge in [-0.05, 0) is 29.5 Å². The van der Waals surface area contributed by atoms with Gasteiger partial charge < -0.3 is 15.6 Å². The lowest BCUT2D eigenvalue weighted by Crippen LogP contribution is -2.12. The van der Waals surface area contributed by atoms with Gasteiger partial charge in [-0.2, -0.15) is 0 Å². The Bertz CT molecular complexity index is 416. The number of carboxylic acid groups (broad SMARTS) is 1. The zero-order valence-corrected chi connectivity index (χ0v) is 11.1. The molecule has 18 heavy (non-hydrogen) atoms. The Balaban J connectivity index is 2.87. The molecule has 0 amide bonds. The molecule has 1 unspecified atom stereocenters. The van der Waals surface area contributed by atoms with Crippen molar-refractivity contribution in [1.82, 2.24) is 0 Å². The lowest BCUT2D eigenvalue weighted by molar-refractivity contribution is -0.137. The van der Waals surface area contributed by atoms with Gasteiger partial charge in [0.05, 0.1) is 7.11 Å². The number of benzene rings is 1. The molecule has 0 aliphatic heterocycles. The first-order valence-electron chi connectivity index (χ1n) is 6.11. The van der Waals surface area contributed by atoms with E-state index in [-0.39, 0.29) is 12.5 Å². The number of methoxy groups -OCH3 is 1. The first kappa shape index (κ1) is 14.5. The third-order valence-electron chi connectivity index (χ3n) is 2.98. The zero-order chi connectivity index (χ0) is 13.7. The van der Waals surface area contributed by atoms with Crippen LogP contribution in [-0.2, 0) is 4.79 Å². The van der Waals surface area contributed by atoms with Gasteiger partial charge in [-0.15, -0.1) is 0 Å². The van der Waals surface area contributed by atoms with Crippen LogP contribution >= 0.6 is 0 Å². The van der Waals surface area contributed by atoms with E-state index in [1.165, 1.54) is 0 Å². The highest BCUT2D eigenvalue weighted by atomic mass is 16.5. The lowest BCUT2D eigenvalue weighted by atomic mass is 9.96. The van der Waals surface area contributed by atoms with E-state index in [2.05, 4.69) is 13.8 Å². The fourth-order valence-electron chi connectivity index (χ4n) is 1.88. The van der Waals surface area contributed by atoms with Crippen LogP contribution in [0.25, 0.3) is 0 Å². The van der Waals surface area contributed by atoms with Crippen molar-refractivity contribution in [3.05, 3.63) is 29.3 Å². The number of nitrogens with two attached hydrogens (primary N) is 1. The molecular formula is C14H21NO3. The Kier molecular flexibility index (Phi) is 5.16. The normalized spacial score (nSPS) is 12.5. The largest absolute Gasteiger partial charge is 0.496 e. The molecule has 4 heteroatoms. The molecule has 0 radical (unpaired) electrons. The average molecular weight is 251 g/mol. The van der Waals surface area contributed by atoms with Crippen molar-refractivity contribution in [2.75, 3.05) is 7.11 Å². The zero-order valence-electron chi connectivity index (χ0n) is 11.1. The van der Waals surface area contributed by atoms with Crippen molar-refractivity contribution in [2.24, 2.45) is 5.73 Å². The predicted octanol–water partition coefficient (Wildman–Crippen LogP) is 2.68. The summed E-state index contributed by atoms with van der Waals surface area (Å²) in [5, 5.41) is 8.65. The molecule has 0 bridgehead atoms. The third-order valence-corrected chi connectivity index (χ3v) is 2.98. The molecule has 1 aromatic carbocycles. The van der Waals surface area contributed by atoms with Crippen molar-refractivity contribution in [3.8, 4) is 5.75 Å². The van der Waals surface area contributed by atoms with E-state index in [9.17, 15) is 4.79 Å². The van der Waals surface area contributed by atoms with Crippen molar-refractivity contribution < 1.29 is 14.6 Å². The number of aliphatic carboxylic acids is 1. The molecule has 0 aliphatic rings. The Morgan fingerprint density at radius 2 is 2.11 bits per heavy atom. The third kappa shape index (κ3) is 3.74. The molecule has 0 heterocycles. The quantitative estimate of drug-likeness (QED) is 0.815. The molecule has 100 valence electrons. The van der Waals surface area contributed by atoms with Gasteiger partial charge in [-0.1, -0.05) is 26.0 Å². The summed E-state index contributed by atoms with van der Waals surface area (Å²) in [6.45, 7) is 4.20. The smallest absolute Gasteiger partial charge is 0.303 e. The first-order valence-corrected chi connectivity index (χ1v) is 6.11. The Morgan fingerprint density at radius 3 is 2.61 bits per heavy atom. The van der Waals surface area contributed by atoms with Crippen molar-refractivity contribution in [2.45, 2.75) is 38.6 Å². The van der Waals surface area contributed by atoms with Crippen molar-refractivity contribution in [3.63, 3.8) is 0 Å². The number of carbonyl (C=O) groups is 1. The Morgan fingerprint density at radius 1 is 1.44 bits per heavy atom. The molecule has 1 atom stereocenters. The lowest BCUT2D eigenvalue weighted by Gasteiger charge is -2.16. The predicted molar refractivity (Wildman–Crippen MR) is 70.9 cm³/mol.